The van der Waals surface area contributed by atoms with E-state index < -0.39 is 6.10 Å². The lowest BCUT2D eigenvalue weighted by Gasteiger charge is -2.32. The quantitative estimate of drug-likeness (QED) is 0.716. The largest absolute Gasteiger partial charge is 0.387 e. The van der Waals surface area contributed by atoms with Crippen molar-refractivity contribution < 1.29 is 9.90 Å². The number of aliphatic hydroxyl groups is 1. The summed E-state index contributed by atoms with van der Waals surface area (Å²) in [6.07, 6.45) is 7.30. The number of nitrogens with one attached hydrogen (secondary N) is 2. The van der Waals surface area contributed by atoms with Crippen LogP contribution in [0.2, 0.25) is 0 Å². The first kappa shape index (κ1) is 19.1. The van der Waals surface area contributed by atoms with E-state index in [1.807, 2.05) is 42.5 Å². The van der Waals surface area contributed by atoms with Gasteiger partial charge in [0.05, 0.1) is 12.6 Å². The van der Waals surface area contributed by atoms with E-state index >= 15 is 0 Å². The highest BCUT2D eigenvalue weighted by molar-refractivity contribution is 5.82. The molecule has 28 heavy (non-hydrogen) atoms. The highest BCUT2D eigenvalue weighted by atomic mass is 16.3. The molecule has 3 N–H and O–H groups in total. The lowest BCUT2D eigenvalue weighted by Crippen LogP contribution is -2.48. The number of carbonyl (C=O) groups excluding carboxylic acids is 1. The molecule has 1 amide bonds. The van der Waals surface area contributed by atoms with Gasteiger partial charge in [-0.15, -0.1) is 0 Å². The van der Waals surface area contributed by atoms with Crippen LogP contribution in [0, 0.1) is 5.92 Å². The van der Waals surface area contributed by atoms with Crippen LogP contribution in [0.1, 0.15) is 42.9 Å². The first-order valence-electron chi connectivity index (χ1n) is 10.1. The number of aromatic nitrogens is 1. The molecule has 6 heteroatoms. The third-order valence-corrected chi connectivity index (χ3v) is 5.95. The number of fused-ring (bicyclic) bond motifs is 1. The third kappa shape index (κ3) is 4.24. The Balaban J connectivity index is 1.52. The topological polar surface area (TPSA) is 77.5 Å². The molecule has 2 aromatic rings. The third-order valence-electron chi connectivity index (χ3n) is 5.95. The molecule has 2 fully saturated rings. The van der Waals surface area contributed by atoms with E-state index in [1.165, 1.54) is 12.8 Å². The molecule has 0 bridgehead atoms. The van der Waals surface area contributed by atoms with E-state index in [4.69, 9.17) is 0 Å². The highest BCUT2D eigenvalue weighted by Crippen LogP contribution is 2.31. The molecule has 0 radical (unpaired) electrons. The lowest BCUT2D eigenvalue weighted by molar-refractivity contribution is -0.136. The maximum Gasteiger partial charge on any atom is 0.241 e. The van der Waals surface area contributed by atoms with Gasteiger partial charge in [0.25, 0.3) is 0 Å². The molecule has 4 rings (SSSR count). The van der Waals surface area contributed by atoms with Gasteiger partial charge < -0.3 is 10.0 Å². The molecule has 4 unspecified atom stereocenters. The molecule has 1 saturated carbocycles. The van der Waals surface area contributed by atoms with Crippen molar-refractivity contribution >= 4 is 5.91 Å². The number of benzene rings is 1. The molecule has 1 aliphatic carbocycles. The second-order valence-corrected chi connectivity index (χ2v) is 7.82. The van der Waals surface area contributed by atoms with Crippen molar-refractivity contribution in [3.05, 3.63) is 66.0 Å². The molecule has 1 aromatic heterocycles. The summed E-state index contributed by atoms with van der Waals surface area (Å²) in [6.45, 7) is 0.724. The van der Waals surface area contributed by atoms with E-state index in [-0.39, 0.29) is 18.5 Å². The van der Waals surface area contributed by atoms with Crippen LogP contribution in [-0.4, -0.2) is 39.5 Å². The van der Waals surface area contributed by atoms with Gasteiger partial charge in [0.15, 0.2) is 0 Å². The average molecular weight is 380 g/mol. The number of hydrazine groups is 1. The zero-order valence-corrected chi connectivity index (χ0v) is 16.0. The monoisotopic (exact) mass is 380 g/mol. The Labute approximate surface area is 165 Å². The maximum atomic E-state index is 13.5. The van der Waals surface area contributed by atoms with Gasteiger partial charge in [0, 0.05) is 30.9 Å². The zero-order valence-electron chi connectivity index (χ0n) is 16.0. The van der Waals surface area contributed by atoms with Crippen LogP contribution >= 0.6 is 0 Å². The standard InChI is InChI=1S/C22H28N4O2/c27-20(17-6-2-1-3-7-17)15-26(14-16-10-12-23-13-11-16)22(28)21-18-8-4-5-9-19(18)24-25-21/h1-3,6-7,10-13,18-21,24-25,27H,4-5,8-9,14-15H2. The minimum absolute atomic E-state index is 0.0497. The fraction of sp³-hybridized carbons (Fsp3) is 0.455. The highest BCUT2D eigenvalue weighted by Gasteiger charge is 2.42. The fourth-order valence-electron chi connectivity index (χ4n) is 4.41. The Hall–Kier alpha value is -2.28. The molecule has 0 spiro atoms. The molecule has 2 aliphatic rings. The molecule has 4 atom stereocenters. The minimum Gasteiger partial charge on any atom is -0.387 e. The fourth-order valence-corrected chi connectivity index (χ4v) is 4.41. The van der Waals surface area contributed by atoms with Gasteiger partial charge in [0.2, 0.25) is 5.91 Å². The Morgan fingerprint density at radius 1 is 1.11 bits per heavy atom. The normalized spacial score (nSPS) is 25.1. The van der Waals surface area contributed by atoms with Gasteiger partial charge in [0.1, 0.15) is 6.04 Å². The number of amides is 1. The van der Waals surface area contributed by atoms with Crippen molar-refractivity contribution in [3.8, 4) is 0 Å². The van der Waals surface area contributed by atoms with Gasteiger partial charge in [-0.25, -0.2) is 5.43 Å². The van der Waals surface area contributed by atoms with Crippen LogP contribution in [0.25, 0.3) is 0 Å². The Kier molecular flexibility index (Phi) is 6.00. The summed E-state index contributed by atoms with van der Waals surface area (Å²) in [7, 11) is 0. The first-order valence-corrected chi connectivity index (χ1v) is 10.1. The summed E-state index contributed by atoms with van der Waals surface area (Å²) in [4.78, 5) is 19.3. The molecular weight excluding hydrogens is 352 g/mol. The van der Waals surface area contributed by atoms with E-state index in [1.54, 1.807) is 17.3 Å². The second-order valence-electron chi connectivity index (χ2n) is 7.82. The summed E-state index contributed by atoms with van der Waals surface area (Å²) in [5.74, 6) is 0.365. The van der Waals surface area contributed by atoms with Crippen molar-refractivity contribution in [2.24, 2.45) is 5.92 Å². The Morgan fingerprint density at radius 2 is 1.86 bits per heavy atom. The van der Waals surface area contributed by atoms with E-state index in [0.29, 0.717) is 18.5 Å². The van der Waals surface area contributed by atoms with Crippen LogP contribution < -0.4 is 10.9 Å². The van der Waals surface area contributed by atoms with Crippen molar-refractivity contribution in [1.29, 1.82) is 0 Å². The van der Waals surface area contributed by atoms with Gasteiger partial charge in [-0.3, -0.25) is 15.2 Å². The van der Waals surface area contributed by atoms with E-state index in [2.05, 4.69) is 15.8 Å². The van der Waals surface area contributed by atoms with Gasteiger partial charge in [-0.05, 0) is 36.1 Å². The smallest absolute Gasteiger partial charge is 0.241 e. The zero-order chi connectivity index (χ0) is 19.3. The van der Waals surface area contributed by atoms with Crippen molar-refractivity contribution in [3.63, 3.8) is 0 Å². The minimum atomic E-state index is -0.719. The summed E-state index contributed by atoms with van der Waals surface area (Å²) in [5, 5.41) is 10.8. The SMILES string of the molecule is O=C(C1NNC2CCCCC21)N(Cc1ccncc1)CC(O)c1ccccc1. The van der Waals surface area contributed by atoms with Crippen LogP contribution in [0.15, 0.2) is 54.9 Å². The summed E-state index contributed by atoms with van der Waals surface area (Å²) >= 11 is 0. The van der Waals surface area contributed by atoms with Gasteiger partial charge >= 0.3 is 0 Å². The number of hydrogen-bond acceptors (Lipinski definition) is 5. The van der Waals surface area contributed by atoms with Gasteiger partial charge in [-0.2, -0.15) is 0 Å². The van der Waals surface area contributed by atoms with Crippen molar-refractivity contribution in [2.45, 2.75) is 50.4 Å². The lowest BCUT2D eigenvalue weighted by atomic mass is 9.81. The molecule has 1 aliphatic heterocycles. The summed E-state index contributed by atoms with van der Waals surface area (Å²) < 4.78 is 0. The van der Waals surface area contributed by atoms with Crippen molar-refractivity contribution in [1.82, 2.24) is 20.7 Å². The molecule has 1 saturated heterocycles. The number of rotatable bonds is 6. The number of aliphatic hydroxyl groups excluding tert-OH is 1. The Morgan fingerprint density at radius 3 is 2.64 bits per heavy atom. The predicted octanol–water partition coefficient (Wildman–Crippen LogP) is 2.18. The first-order chi connectivity index (χ1) is 13.7. The average Bonchev–Trinajstić information content (AvgIpc) is 3.18. The maximum absolute atomic E-state index is 13.5. The second kappa shape index (κ2) is 8.82. The van der Waals surface area contributed by atoms with Gasteiger partial charge in [-0.1, -0.05) is 43.2 Å². The summed E-state index contributed by atoms with van der Waals surface area (Å²) in [5.41, 5.74) is 8.40. The Bertz CT molecular complexity index is 771. The molecule has 2 heterocycles. The summed E-state index contributed by atoms with van der Waals surface area (Å²) in [6, 6.07) is 13.5. The van der Waals surface area contributed by atoms with E-state index in [9.17, 15) is 9.90 Å². The van der Waals surface area contributed by atoms with Crippen LogP contribution in [0.4, 0.5) is 0 Å². The number of nitrogens with zero attached hydrogens (tertiary/aromatic N) is 2. The number of hydrogen-bond donors (Lipinski definition) is 3. The molecular formula is C22H28N4O2. The van der Waals surface area contributed by atoms with E-state index in [0.717, 1.165) is 24.0 Å². The number of carbonyl (C=O) groups is 1. The predicted molar refractivity (Wildman–Crippen MR) is 107 cm³/mol. The number of pyridine rings is 1. The molecule has 6 nitrogen and oxygen atoms in total. The molecule has 148 valence electrons. The van der Waals surface area contributed by atoms with Crippen LogP contribution in [0.3, 0.4) is 0 Å². The van der Waals surface area contributed by atoms with Crippen LogP contribution in [0.5, 0.6) is 0 Å². The van der Waals surface area contributed by atoms with Crippen LogP contribution in [-0.2, 0) is 11.3 Å². The molecule has 1 aromatic carbocycles. The van der Waals surface area contributed by atoms with Crippen molar-refractivity contribution in [2.75, 3.05) is 6.54 Å².